The number of primary amides is 1. The minimum Gasteiger partial charge on any atom is -0.492 e. The molecule has 1 aromatic carbocycles. The van der Waals surface area contributed by atoms with Crippen LogP contribution in [0.3, 0.4) is 0 Å². The number of nitrogen functional groups attached to an aromatic ring is 1. The number of aliphatic imine (C=N–C) groups is 1. The molecule has 0 bridgehead atoms. The van der Waals surface area contributed by atoms with E-state index < -0.39 is 142 Å². The molecule has 33 heteroatoms. The number of thioether (sulfide) groups is 1. The van der Waals surface area contributed by atoms with Gasteiger partial charge in [-0.25, -0.2) is 14.8 Å². The number of nitrogens with one attached hydrogen (secondary N) is 4. The summed E-state index contributed by atoms with van der Waals surface area (Å²) >= 11 is 0.775. The molecule has 2 aromatic heterocycles. The van der Waals surface area contributed by atoms with Crippen molar-refractivity contribution in [1.29, 1.82) is 0 Å². The molecule has 6 amide bonds. The average molecular weight is 1250 g/mol. The summed E-state index contributed by atoms with van der Waals surface area (Å²) < 4.78 is 10.5. The number of guanidine groups is 1. The van der Waals surface area contributed by atoms with Crippen molar-refractivity contribution >= 4 is 111 Å². The number of aromatic nitrogens is 4. The van der Waals surface area contributed by atoms with Crippen LogP contribution in [0.1, 0.15) is 87.7 Å². The Kier molecular flexibility index (Phi) is 20.1. The number of anilines is 2. The number of benzene rings is 1. The highest BCUT2D eigenvalue weighted by molar-refractivity contribution is 8.00. The summed E-state index contributed by atoms with van der Waals surface area (Å²) in [6, 6.07) is 3.67. The number of hydrogen-bond acceptors (Lipinski definition) is 23. The summed E-state index contributed by atoms with van der Waals surface area (Å²) in [4.78, 5) is 193. The number of carboxylic acids is 2. The number of carboxylic acid groups (broad SMARTS) is 2. The van der Waals surface area contributed by atoms with Gasteiger partial charge in [-0.1, -0.05) is 0 Å². The number of rotatable bonds is 31. The van der Waals surface area contributed by atoms with Crippen LogP contribution in [0, 0.1) is 17.8 Å². The molecule has 5 aliphatic rings. The van der Waals surface area contributed by atoms with Crippen molar-refractivity contribution in [3.05, 3.63) is 74.7 Å². The van der Waals surface area contributed by atoms with Crippen LogP contribution < -0.4 is 44.4 Å². The quantitative estimate of drug-likeness (QED) is 0.00886. The van der Waals surface area contributed by atoms with E-state index in [1.165, 1.54) is 25.1 Å². The summed E-state index contributed by atoms with van der Waals surface area (Å²) in [6.07, 6.45) is -2.21. The number of Topliss-reactive ketones (excluding diaryl/α,β-unsaturated/α-hetero) is 4. The molecule has 8 rings (SSSR count). The number of nitrogens with zero attached hydrogens (tertiary/aromatic N) is 7. The number of H-pyrrole nitrogens is 1. The predicted molar refractivity (Wildman–Crippen MR) is 313 cm³/mol. The van der Waals surface area contributed by atoms with Crippen LogP contribution in [0.5, 0.6) is 0 Å². The summed E-state index contributed by atoms with van der Waals surface area (Å²) in [7, 11) is 1.25. The number of allylic oxidation sites excluding steroid dienone is 2. The third-order valence-corrected chi connectivity index (χ3v) is 17.7. The zero-order valence-corrected chi connectivity index (χ0v) is 49.4. The van der Waals surface area contributed by atoms with Gasteiger partial charge in [-0.2, -0.15) is 4.98 Å². The van der Waals surface area contributed by atoms with Crippen LogP contribution in [0.15, 0.2) is 62.9 Å². The second kappa shape index (κ2) is 27.5. The fourth-order valence-corrected chi connectivity index (χ4v) is 13.1. The van der Waals surface area contributed by atoms with Gasteiger partial charge >= 0.3 is 18.0 Å². The highest BCUT2D eigenvalue weighted by atomic mass is 32.2. The number of aromatic amines is 1. The van der Waals surface area contributed by atoms with Crippen LogP contribution in [0.4, 0.5) is 16.4 Å². The first-order valence-corrected chi connectivity index (χ1v) is 29.3. The molecule has 6 heterocycles. The van der Waals surface area contributed by atoms with Crippen molar-refractivity contribution in [2.45, 2.75) is 107 Å². The highest BCUT2D eigenvalue weighted by Gasteiger charge is 2.74. The number of ether oxygens (including phenoxy) is 2. The molecule has 32 nitrogen and oxygen atoms in total. The molecular weight excluding hydrogens is 1190 g/mol. The van der Waals surface area contributed by atoms with E-state index in [-0.39, 0.29) is 130 Å². The zero-order valence-electron chi connectivity index (χ0n) is 48.6. The molecule has 4 aliphatic heterocycles. The van der Waals surface area contributed by atoms with E-state index in [1.54, 1.807) is 36.1 Å². The Morgan fingerprint density at radius 1 is 0.944 bits per heavy atom. The van der Waals surface area contributed by atoms with Crippen LogP contribution in [-0.4, -0.2) is 196 Å². The Labute approximate surface area is 510 Å². The van der Waals surface area contributed by atoms with Crippen molar-refractivity contribution in [1.82, 2.24) is 45.3 Å². The summed E-state index contributed by atoms with van der Waals surface area (Å²) in [5, 5.41) is 27.1. The fraction of sp³-hybridized carbons (Fsp3) is 0.482. The van der Waals surface area contributed by atoms with E-state index in [4.69, 9.17) is 32.4 Å². The van der Waals surface area contributed by atoms with Crippen LogP contribution in [0.25, 0.3) is 11.2 Å². The maximum atomic E-state index is 13.9. The van der Waals surface area contributed by atoms with Gasteiger partial charge in [0.2, 0.25) is 41.1 Å². The number of imide groups is 1. The smallest absolute Gasteiger partial charge is 0.404 e. The normalized spacial score (nSPS) is 21.0. The Morgan fingerprint density at radius 2 is 1.67 bits per heavy atom. The third kappa shape index (κ3) is 14.5. The molecule has 1 aliphatic carbocycles. The first kappa shape index (κ1) is 65.2. The number of piperazine rings is 1. The van der Waals surface area contributed by atoms with E-state index in [9.17, 15) is 72.5 Å². The number of likely N-dealkylation sites (tertiary alicyclic amines) is 1. The van der Waals surface area contributed by atoms with E-state index in [2.05, 4.69) is 40.9 Å². The number of aliphatic carboxylic acids is 2. The van der Waals surface area contributed by atoms with Crippen molar-refractivity contribution in [3.8, 4) is 0 Å². The molecule has 3 saturated heterocycles. The average Bonchev–Trinajstić information content (AvgIpc) is 1.49. The lowest BCUT2D eigenvalue weighted by atomic mass is 9.78. The molecule has 3 aromatic rings. The maximum Gasteiger partial charge on any atom is 0.404 e. The number of hydrogen-bond donors (Lipinski definition) is 10. The van der Waals surface area contributed by atoms with Crippen molar-refractivity contribution in [2.24, 2.45) is 39.9 Å². The summed E-state index contributed by atoms with van der Waals surface area (Å²) in [6.45, 7) is 2.94. The lowest BCUT2D eigenvalue weighted by Gasteiger charge is -2.39. The standard InChI is InChI=1S/C56H67N15O17S/c1-25-43(78)42-40(44(79)45(25)87-3)32(23-88-55(60)86)56(2)46-34(22-70(42)56)71(46)37(74)12-15-69-38(75)19-36(51(69)83)89-24-28(52(84)85)17-35(73)33(18-39(76)77)66-49(81)27(6-4-14-62-53(57)58)16-31(72)7-5-13-61-48(80)26-8-10-29(11-9-26)63-20-30-21-64-47-41(65-30)50(82)68-54(59)67-47/h8-11,21,27-28,32-34,36,46,63H,4-7,12-20,22-24H2,1-3H3,(H2,60,86)(H,61,80)(H,66,81)(H,76,77)(H,84,85)(H4,57,58,62)(H3,59,64,67,68,82)/t27-,28+,32-,33+,34+,36?,46+,56+,71?/m0/s1. The monoisotopic (exact) mass is 1250 g/mol. The molecule has 14 N–H and O–H groups in total. The molecule has 8 atom stereocenters. The molecule has 0 radical (unpaired) electrons. The Bertz CT molecular complexity index is 3590. The third-order valence-electron chi connectivity index (χ3n) is 16.3. The lowest BCUT2D eigenvalue weighted by Crippen LogP contribution is -2.52. The van der Waals surface area contributed by atoms with Gasteiger partial charge in [0.05, 0.1) is 72.5 Å². The number of amides is 6. The minimum absolute atomic E-state index is 0.00725. The Hall–Kier alpha value is -9.82. The Balaban J connectivity index is 0.803. The molecular formula is C56H67N15O17S. The number of ketones is 4. The zero-order chi connectivity index (χ0) is 64.8. The Morgan fingerprint density at radius 3 is 2.35 bits per heavy atom. The molecule has 474 valence electrons. The summed E-state index contributed by atoms with van der Waals surface area (Å²) in [5.41, 5.74) is 21.9. The molecule has 0 spiro atoms. The van der Waals surface area contributed by atoms with Crippen molar-refractivity contribution < 1.29 is 77.2 Å². The number of methoxy groups -OCH3 is 1. The number of nitrogens with two attached hydrogens (primary N) is 4. The second-order valence-corrected chi connectivity index (χ2v) is 23.3. The molecule has 3 fully saturated rings. The van der Waals surface area contributed by atoms with E-state index in [0.717, 1.165) is 16.7 Å². The van der Waals surface area contributed by atoms with E-state index in [0.29, 0.717) is 16.9 Å². The highest BCUT2D eigenvalue weighted by Crippen LogP contribution is 2.59. The van der Waals surface area contributed by atoms with Gasteiger partial charge in [0, 0.05) is 98.3 Å². The van der Waals surface area contributed by atoms with Gasteiger partial charge in [-0.05, 0) is 57.4 Å². The van der Waals surface area contributed by atoms with Gasteiger partial charge in [-0.3, -0.25) is 72.4 Å². The number of fused-ring (bicyclic) bond motifs is 5. The number of carbonyl (C=O) groups excluding carboxylic acids is 10. The van der Waals surface area contributed by atoms with Crippen molar-refractivity contribution in [3.63, 3.8) is 0 Å². The first-order valence-electron chi connectivity index (χ1n) is 28.3. The van der Waals surface area contributed by atoms with Gasteiger partial charge < -0.3 is 68.4 Å². The van der Waals surface area contributed by atoms with Crippen LogP contribution in [-0.2, 0) is 64.0 Å². The van der Waals surface area contributed by atoms with Crippen LogP contribution in [0.2, 0.25) is 0 Å². The molecule has 1 unspecified atom stereocenters. The van der Waals surface area contributed by atoms with Gasteiger partial charge in [-0.15, -0.1) is 11.8 Å². The maximum absolute atomic E-state index is 13.9. The van der Waals surface area contributed by atoms with Crippen LogP contribution >= 0.6 is 11.8 Å². The van der Waals surface area contributed by atoms with E-state index >= 15 is 0 Å². The summed E-state index contributed by atoms with van der Waals surface area (Å²) in [5.74, 6) is -13.0. The SMILES string of the molecule is COC1=C(C)C(=O)C2=C(C1=O)[C@H](COC(N)=O)[C@]1(C)[C@H]3[C@@H](CN21)N3C(=O)CCN1C(=O)CC(SC[C@@H](CC(=O)[C@@H](CC(=O)O)NC(=O)[C@@H](CCCN=C(N)N)CC(=O)CCCNC(=O)c2ccc(NCc3cnc4nc(N)[nH]c(=O)c4n3)cc2)C(=O)O)C1=O. The van der Waals surface area contributed by atoms with Crippen molar-refractivity contribution in [2.75, 3.05) is 56.7 Å². The second-order valence-electron chi connectivity index (χ2n) is 22.1. The topological polar surface area (TPSA) is 497 Å². The fourth-order valence-electron chi connectivity index (χ4n) is 11.8. The molecule has 0 saturated carbocycles. The van der Waals surface area contributed by atoms with Gasteiger partial charge in [0.1, 0.15) is 12.4 Å². The first-order chi connectivity index (χ1) is 42.2. The lowest BCUT2D eigenvalue weighted by molar-refractivity contribution is -0.144. The predicted octanol–water partition coefficient (Wildman–Crippen LogP) is -1.38. The van der Waals surface area contributed by atoms with Gasteiger partial charge in [0.15, 0.2) is 28.7 Å². The minimum atomic E-state index is -1.75. The molecule has 89 heavy (non-hydrogen) atoms. The van der Waals surface area contributed by atoms with E-state index in [1.807, 2.05) is 0 Å². The largest absolute Gasteiger partial charge is 0.492 e. The van der Waals surface area contributed by atoms with Gasteiger partial charge in [0.25, 0.3) is 11.5 Å². The number of carbonyl (C=O) groups is 12.